The van der Waals surface area contributed by atoms with Gasteiger partial charge in [-0.1, -0.05) is 18.9 Å². The van der Waals surface area contributed by atoms with Crippen LogP contribution in [-0.2, 0) is 9.59 Å². The molecule has 34 heavy (non-hydrogen) atoms. The largest absolute Gasteiger partial charge is 0.496 e. The highest BCUT2D eigenvalue weighted by Crippen LogP contribution is 2.34. The molecule has 9 nitrogen and oxygen atoms in total. The van der Waals surface area contributed by atoms with Crippen molar-refractivity contribution in [2.24, 2.45) is 11.8 Å². The van der Waals surface area contributed by atoms with E-state index in [2.05, 4.69) is 27.0 Å². The summed E-state index contributed by atoms with van der Waals surface area (Å²) < 4.78 is 5.36. The van der Waals surface area contributed by atoms with Gasteiger partial charge in [-0.25, -0.2) is 0 Å². The Labute approximate surface area is 198 Å². The molecule has 0 bridgehead atoms. The number of rotatable bonds is 10. The quantitative estimate of drug-likeness (QED) is 0.427. The van der Waals surface area contributed by atoms with E-state index in [0.29, 0.717) is 36.7 Å². The van der Waals surface area contributed by atoms with Crippen LogP contribution in [0.5, 0.6) is 5.75 Å². The van der Waals surface area contributed by atoms with Crippen LogP contribution in [0.25, 0.3) is 10.9 Å². The second kappa shape index (κ2) is 10.6. The SMILES string of the molecule is COc1cccc2[nH]c(C(=O)N[C@H](CCC3CC3)C(=O)N[C@H](C#N)C[C@@H]3CCCNC3=O)cc12. The highest BCUT2D eigenvalue weighted by molar-refractivity contribution is 6.01. The van der Waals surface area contributed by atoms with Crippen LogP contribution in [0.2, 0.25) is 0 Å². The Morgan fingerprint density at radius 2 is 2.09 bits per heavy atom. The van der Waals surface area contributed by atoms with E-state index in [9.17, 15) is 19.6 Å². The predicted octanol–water partition coefficient (Wildman–Crippen LogP) is 2.39. The molecule has 9 heteroatoms. The monoisotopic (exact) mass is 465 g/mol. The molecule has 1 aromatic heterocycles. The van der Waals surface area contributed by atoms with Crippen molar-refractivity contribution in [3.63, 3.8) is 0 Å². The summed E-state index contributed by atoms with van der Waals surface area (Å²) in [6.45, 7) is 0.647. The second-order valence-corrected chi connectivity index (χ2v) is 9.21. The van der Waals surface area contributed by atoms with Crippen LogP contribution in [0.1, 0.15) is 55.4 Å². The minimum atomic E-state index is -0.793. The van der Waals surface area contributed by atoms with Crippen molar-refractivity contribution in [1.29, 1.82) is 5.26 Å². The topological polar surface area (TPSA) is 136 Å². The molecule has 2 aromatic rings. The van der Waals surface area contributed by atoms with Gasteiger partial charge in [-0.15, -0.1) is 0 Å². The number of fused-ring (bicyclic) bond motifs is 1. The average Bonchev–Trinajstić information content (AvgIpc) is 3.57. The van der Waals surface area contributed by atoms with E-state index in [1.165, 1.54) is 0 Å². The zero-order valence-electron chi connectivity index (χ0n) is 19.4. The Kier molecular flexibility index (Phi) is 7.36. The first kappa shape index (κ1) is 23.6. The van der Waals surface area contributed by atoms with Crippen molar-refractivity contribution in [1.82, 2.24) is 20.9 Å². The fourth-order valence-corrected chi connectivity index (χ4v) is 4.50. The number of hydrogen-bond donors (Lipinski definition) is 4. The molecule has 1 aliphatic carbocycles. The van der Waals surface area contributed by atoms with E-state index in [-0.39, 0.29) is 18.2 Å². The number of carbonyl (C=O) groups excluding carboxylic acids is 3. The van der Waals surface area contributed by atoms with Crippen molar-refractivity contribution in [3.05, 3.63) is 30.0 Å². The summed E-state index contributed by atoms with van der Waals surface area (Å²) in [6.07, 6.45) is 5.43. The Morgan fingerprint density at radius 1 is 1.26 bits per heavy atom. The van der Waals surface area contributed by atoms with Crippen LogP contribution >= 0.6 is 0 Å². The lowest BCUT2D eigenvalue weighted by molar-refractivity contribution is -0.128. The minimum Gasteiger partial charge on any atom is -0.496 e. The number of carbonyl (C=O) groups is 3. The van der Waals surface area contributed by atoms with Crippen LogP contribution in [0.15, 0.2) is 24.3 Å². The molecule has 1 aromatic carbocycles. The molecule has 0 spiro atoms. The van der Waals surface area contributed by atoms with Crippen molar-refractivity contribution in [2.75, 3.05) is 13.7 Å². The Morgan fingerprint density at radius 3 is 2.79 bits per heavy atom. The maximum Gasteiger partial charge on any atom is 0.268 e. The number of benzene rings is 1. The Balaban J connectivity index is 1.43. The molecule has 0 radical (unpaired) electrons. The number of nitrogens with one attached hydrogen (secondary N) is 4. The summed E-state index contributed by atoms with van der Waals surface area (Å²) in [4.78, 5) is 41.3. The summed E-state index contributed by atoms with van der Waals surface area (Å²) in [7, 11) is 1.57. The smallest absolute Gasteiger partial charge is 0.268 e. The van der Waals surface area contributed by atoms with Gasteiger partial charge in [-0.05, 0) is 56.2 Å². The first-order chi connectivity index (χ1) is 16.5. The molecule has 2 fully saturated rings. The molecule has 1 aliphatic heterocycles. The van der Waals surface area contributed by atoms with Crippen LogP contribution < -0.4 is 20.7 Å². The number of amides is 3. The van der Waals surface area contributed by atoms with Gasteiger partial charge in [-0.3, -0.25) is 14.4 Å². The molecular formula is C25H31N5O4. The molecule has 1 saturated heterocycles. The number of nitriles is 1. The summed E-state index contributed by atoms with van der Waals surface area (Å²) in [5.74, 6) is 0.0783. The van der Waals surface area contributed by atoms with Crippen molar-refractivity contribution >= 4 is 28.6 Å². The first-order valence-corrected chi connectivity index (χ1v) is 11.9. The lowest BCUT2D eigenvalue weighted by Gasteiger charge is -2.25. The van der Waals surface area contributed by atoms with E-state index in [4.69, 9.17) is 4.74 Å². The molecule has 3 atom stereocenters. The molecule has 1 saturated carbocycles. The standard InChI is InChI=1S/C25H31N5O4/c1-34-22-6-2-5-19-18(22)13-21(29-19)25(33)30-20(10-9-15-7-8-15)24(32)28-17(14-26)12-16-4-3-11-27-23(16)31/h2,5-6,13,15-17,20,29H,3-4,7-12H2,1H3,(H,27,31)(H,28,32)(H,30,33)/t16-,17-,20+/m0/s1. The molecule has 180 valence electrons. The van der Waals surface area contributed by atoms with Gasteiger partial charge in [0.25, 0.3) is 5.91 Å². The fraction of sp³-hybridized carbons (Fsp3) is 0.520. The fourth-order valence-electron chi connectivity index (χ4n) is 4.50. The number of H-pyrrole nitrogens is 1. The second-order valence-electron chi connectivity index (χ2n) is 9.21. The van der Waals surface area contributed by atoms with Gasteiger partial charge >= 0.3 is 0 Å². The average molecular weight is 466 g/mol. The zero-order chi connectivity index (χ0) is 24.1. The normalized spacial score (nSPS) is 19.5. The molecule has 0 unspecified atom stereocenters. The van der Waals surface area contributed by atoms with E-state index in [0.717, 1.165) is 36.6 Å². The lowest BCUT2D eigenvalue weighted by atomic mass is 9.92. The van der Waals surface area contributed by atoms with Crippen LogP contribution in [0.3, 0.4) is 0 Å². The van der Waals surface area contributed by atoms with Gasteiger partial charge in [-0.2, -0.15) is 5.26 Å². The maximum absolute atomic E-state index is 13.1. The van der Waals surface area contributed by atoms with E-state index in [1.807, 2.05) is 18.2 Å². The van der Waals surface area contributed by atoms with Crippen LogP contribution in [0.4, 0.5) is 0 Å². The number of nitrogens with zero attached hydrogens (tertiary/aromatic N) is 1. The maximum atomic E-state index is 13.1. The highest BCUT2D eigenvalue weighted by Gasteiger charge is 2.30. The Hall–Kier alpha value is -3.54. The van der Waals surface area contributed by atoms with Crippen LogP contribution in [-0.4, -0.2) is 48.4 Å². The zero-order valence-corrected chi connectivity index (χ0v) is 19.4. The Bertz CT molecular complexity index is 1100. The van der Waals surface area contributed by atoms with E-state index < -0.39 is 23.9 Å². The molecule has 2 heterocycles. The van der Waals surface area contributed by atoms with Crippen molar-refractivity contribution in [2.45, 2.75) is 57.0 Å². The molecule has 3 amide bonds. The van der Waals surface area contributed by atoms with Gasteiger partial charge in [0.2, 0.25) is 11.8 Å². The summed E-state index contributed by atoms with van der Waals surface area (Å²) in [6, 6.07) is 7.76. The van der Waals surface area contributed by atoms with Gasteiger partial charge < -0.3 is 25.7 Å². The third-order valence-corrected chi connectivity index (χ3v) is 6.66. The van der Waals surface area contributed by atoms with Crippen LogP contribution in [0, 0.1) is 23.2 Å². The van der Waals surface area contributed by atoms with Crippen molar-refractivity contribution in [3.8, 4) is 11.8 Å². The number of methoxy groups -OCH3 is 1. The summed E-state index contributed by atoms with van der Waals surface area (Å²) >= 11 is 0. The molecule has 4 N–H and O–H groups in total. The first-order valence-electron chi connectivity index (χ1n) is 11.9. The van der Waals surface area contributed by atoms with Gasteiger partial charge in [0.1, 0.15) is 23.5 Å². The summed E-state index contributed by atoms with van der Waals surface area (Å²) in [5, 5.41) is 18.8. The third kappa shape index (κ3) is 5.68. The molecule has 4 rings (SSSR count). The molecule has 2 aliphatic rings. The number of hydrogen-bond acceptors (Lipinski definition) is 5. The number of aromatic amines is 1. The highest BCUT2D eigenvalue weighted by atomic mass is 16.5. The number of piperidine rings is 1. The van der Waals surface area contributed by atoms with Gasteiger partial charge in [0, 0.05) is 23.4 Å². The van der Waals surface area contributed by atoms with Crippen molar-refractivity contribution < 1.29 is 19.1 Å². The number of aromatic nitrogens is 1. The minimum absolute atomic E-state index is 0.0754. The molecular weight excluding hydrogens is 434 g/mol. The summed E-state index contributed by atoms with van der Waals surface area (Å²) in [5.41, 5.74) is 1.10. The number of ether oxygens (including phenoxy) is 1. The third-order valence-electron chi connectivity index (χ3n) is 6.66. The van der Waals surface area contributed by atoms with E-state index >= 15 is 0 Å². The van der Waals surface area contributed by atoms with Gasteiger partial charge in [0.15, 0.2) is 0 Å². The predicted molar refractivity (Wildman–Crippen MR) is 126 cm³/mol. The lowest BCUT2D eigenvalue weighted by Crippen LogP contribution is -2.50. The van der Waals surface area contributed by atoms with E-state index in [1.54, 1.807) is 13.2 Å². The van der Waals surface area contributed by atoms with Gasteiger partial charge in [0.05, 0.1) is 13.2 Å².